The van der Waals surface area contributed by atoms with Crippen molar-refractivity contribution in [1.29, 1.82) is 0 Å². The summed E-state index contributed by atoms with van der Waals surface area (Å²) in [7, 11) is 0. The van der Waals surface area contributed by atoms with Gasteiger partial charge in [-0.2, -0.15) is 18.2 Å². The van der Waals surface area contributed by atoms with Gasteiger partial charge in [0.15, 0.2) is 0 Å². The number of carboxylic acid groups (broad SMARTS) is 1. The number of para-hydroxylation sites is 1. The second kappa shape index (κ2) is 7.71. The lowest BCUT2D eigenvalue weighted by molar-refractivity contribution is -0.386. The molecule has 0 unspecified atom stereocenters. The minimum Gasteiger partial charge on any atom is -0.475 e. The van der Waals surface area contributed by atoms with Gasteiger partial charge in [-0.25, -0.2) is 4.79 Å². The predicted molar refractivity (Wildman–Crippen MR) is 67.8 cm³/mol. The standard InChI is InChI=1S/C10H12N2O3.C2HF3O2/c13-12(14)10-5-2-1-4-9(10)8-15-11-6-3-7-11;3-2(4,5)1(6)7/h1-2,4-5H,3,6-8H2;(H,6,7). The van der Waals surface area contributed by atoms with Crippen LogP contribution in [0.25, 0.3) is 0 Å². The normalized spacial score (nSPS) is 14.5. The molecule has 2 rings (SSSR count). The molecule has 122 valence electrons. The second-order valence-corrected chi connectivity index (χ2v) is 4.24. The highest BCUT2D eigenvalue weighted by Crippen LogP contribution is 2.19. The Kier molecular flexibility index (Phi) is 6.25. The van der Waals surface area contributed by atoms with Crippen molar-refractivity contribution in [2.75, 3.05) is 13.1 Å². The van der Waals surface area contributed by atoms with E-state index >= 15 is 0 Å². The zero-order valence-electron chi connectivity index (χ0n) is 11.2. The molecule has 1 aromatic carbocycles. The van der Waals surface area contributed by atoms with Crippen LogP contribution >= 0.6 is 0 Å². The van der Waals surface area contributed by atoms with Crippen LogP contribution < -0.4 is 0 Å². The molecule has 1 fully saturated rings. The van der Waals surface area contributed by atoms with Crippen LogP contribution in [0.2, 0.25) is 0 Å². The number of carbonyl (C=O) groups is 1. The quantitative estimate of drug-likeness (QED) is 0.676. The van der Waals surface area contributed by atoms with E-state index in [-0.39, 0.29) is 17.2 Å². The molecule has 1 saturated heterocycles. The molecule has 1 aliphatic rings. The van der Waals surface area contributed by atoms with E-state index in [0.717, 1.165) is 19.5 Å². The lowest BCUT2D eigenvalue weighted by Crippen LogP contribution is -2.36. The van der Waals surface area contributed by atoms with Crippen LogP contribution in [-0.2, 0) is 16.2 Å². The van der Waals surface area contributed by atoms with E-state index < -0.39 is 12.1 Å². The molecule has 7 nitrogen and oxygen atoms in total. The van der Waals surface area contributed by atoms with Crippen molar-refractivity contribution in [3.63, 3.8) is 0 Å². The molecule has 0 amide bonds. The van der Waals surface area contributed by atoms with E-state index in [1.807, 2.05) is 5.06 Å². The molecular weight excluding hydrogens is 309 g/mol. The molecule has 0 aliphatic carbocycles. The van der Waals surface area contributed by atoms with E-state index in [1.165, 1.54) is 6.07 Å². The SMILES string of the molecule is O=C(O)C(F)(F)F.O=[N+]([O-])c1ccccc1CON1CCC1. The van der Waals surface area contributed by atoms with Crippen LogP contribution in [-0.4, -0.2) is 40.3 Å². The number of hydroxylamine groups is 2. The number of nitrogens with zero attached hydrogens (tertiary/aromatic N) is 2. The molecule has 0 spiro atoms. The Hall–Kier alpha value is -2.20. The molecule has 1 aromatic rings. The third-order valence-corrected chi connectivity index (χ3v) is 2.65. The van der Waals surface area contributed by atoms with Crippen molar-refractivity contribution in [3.05, 3.63) is 39.9 Å². The van der Waals surface area contributed by atoms with Gasteiger partial charge >= 0.3 is 12.1 Å². The molecule has 0 saturated carbocycles. The molecular formula is C12H13F3N2O5. The fourth-order valence-electron chi connectivity index (χ4n) is 1.39. The number of aliphatic carboxylic acids is 1. The van der Waals surface area contributed by atoms with Gasteiger partial charge in [0, 0.05) is 19.2 Å². The Morgan fingerprint density at radius 3 is 2.32 bits per heavy atom. The van der Waals surface area contributed by atoms with Gasteiger partial charge in [0.05, 0.1) is 10.5 Å². The molecule has 0 bridgehead atoms. The average molecular weight is 322 g/mol. The first kappa shape index (κ1) is 17.9. The van der Waals surface area contributed by atoms with Crippen LogP contribution in [0.4, 0.5) is 18.9 Å². The summed E-state index contributed by atoms with van der Waals surface area (Å²) in [6, 6.07) is 6.65. The summed E-state index contributed by atoms with van der Waals surface area (Å²) in [4.78, 5) is 24.6. The number of halogens is 3. The van der Waals surface area contributed by atoms with E-state index in [2.05, 4.69) is 0 Å². The number of hydrogen-bond donors (Lipinski definition) is 1. The summed E-state index contributed by atoms with van der Waals surface area (Å²) in [5, 5.41) is 19.6. The number of alkyl halides is 3. The first-order valence-electron chi connectivity index (χ1n) is 6.12. The molecule has 1 heterocycles. The van der Waals surface area contributed by atoms with Gasteiger partial charge in [0.2, 0.25) is 0 Å². The summed E-state index contributed by atoms with van der Waals surface area (Å²) in [6.45, 7) is 2.11. The topological polar surface area (TPSA) is 92.9 Å². The summed E-state index contributed by atoms with van der Waals surface area (Å²) < 4.78 is 31.7. The molecule has 0 radical (unpaired) electrons. The van der Waals surface area contributed by atoms with Gasteiger partial charge in [-0.1, -0.05) is 12.1 Å². The fraction of sp³-hybridized carbons (Fsp3) is 0.417. The van der Waals surface area contributed by atoms with Crippen LogP contribution in [0.5, 0.6) is 0 Å². The third-order valence-electron chi connectivity index (χ3n) is 2.65. The van der Waals surface area contributed by atoms with E-state index in [9.17, 15) is 23.3 Å². The Balaban J connectivity index is 0.000000295. The highest BCUT2D eigenvalue weighted by Gasteiger charge is 2.38. The highest BCUT2D eigenvalue weighted by atomic mass is 19.4. The lowest BCUT2D eigenvalue weighted by Gasteiger charge is -2.29. The van der Waals surface area contributed by atoms with E-state index in [1.54, 1.807) is 18.2 Å². The number of nitro groups is 1. The van der Waals surface area contributed by atoms with E-state index in [0.29, 0.717) is 5.56 Å². The Morgan fingerprint density at radius 2 is 1.91 bits per heavy atom. The van der Waals surface area contributed by atoms with Crippen LogP contribution in [0, 0.1) is 10.1 Å². The van der Waals surface area contributed by atoms with Gasteiger partial charge < -0.3 is 5.11 Å². The number of rotatable bonds is 4. The van der Waals surface area contributed by atoms with Gasteiger partial charge in [-0.15, -0.1) is 0 Å². The number of hydrogen-bond acceptors (Lipinski definition) is 5. The monoisotopic (exact) mass is 322 g/mol. The van der Waals surface area contributed by atoms with Crippen LogP contribution in [0.15, 0.2) is 24.3 Å². The minimum atomic E-state index is -5.08. The summed E-state index contributed by atoms with van der Waals surface area (Å²) in [6.07, 6.45) is -3.95. The Bertz CT molecular complexity index is 532. The van der Waals surface area contributed by atoms with Crippen molar-refractivity contribution in [2.24, 2.45) is 0 Å². The smallest absolute Gasteiger partial charge is 0.475 e. The van der Waals surface area contributed by atoms with Crippen molar-refractivity contribution in [3.8, 4) is 0 Å². The Labute approximate surface area is 123 Å². The Morgan fingerprint density at radius 1 is 1.36 bits per heavy atom. The van der Waals surface area contributed by atoms with Gasteiger partial charge in [-0.05, 0) is 12.5 Å². The van der Waals surface area contributed by atoms with Crippen LogP contribution in [0.3, 0.4) is 0 Å². The van der Waals surface area contributed by atoms with E-state index in [4.69, 9.17) is 14.7 Å². The number of nitro benzene ring substituents is 1. The zero-order valence-corrected chi connectivity index (χ0v) is 11.2. The predicted octanol–water partition coefficient (Wildman–Crippen LogP) is 2.37. The van der Waals surface area contributed by atoms with Gasteiger partial charge in [-0.3, -0.25) is 15.0 Å². The summed E-state index contributed by atoms with van der Waals surface area (Å²) in [5.41, 5.74) is 0.743. The second-order valence-electron chi connectivity index (χ2n) is 4.24. The van der Waals surface area contributed by atoms with Crippen molar-refractivity contribution in [1.82, 2.24) is 5.06 Å². The largest absolute Gasteiger partial charge is 0.490 e. The maximum Gasteiger partial charge on any atom is 0.490 e. The first-order chi connectivity index (χ1) is 10.2. The lowest BCUT2D eigenvalue weighted by atomic mass is 10.2. The minimum absolute atomic E-state index is 0.123. The molecule has 0 atom stereocenters. The fourth-order valence-corrected chi connectivity index (χ4v) is 1.39. The van der Waals surface area contributed by atoms with Gasteiger partial charge in [0.1, 0.15) is 6.61 Å². The molecule has 1 N–H and O–H groups in total. The van der Waals surface area contributed by atoms with Crippen molar-refractivity contribution < 1.29 is 32.8 Å². The maximum absolute atomic E-state index is 10.7. The average Bonchev–Trinajstić information content (AvgIpc) is 2.37. The maximum atomic E-state index is 10.7. The molecule has 22 heavy (non-hydrogen) atoms. The molecule has 10 heteroatoms. The summed E-state index contributed by atoms with van der Waals surface area (Å²) in [5.74, 6) is -2.76. The number of benzene rings is 1. The van der Waals surface area contributed by atoms with Crippen LogP contribution in [0.1, 0.15) is 12.0 Å². The molecule has 1 aliphatic heterocycles. The number of carboxylic acids is 1. The van der Waals surface area contributed by atoms with Crippen molar-refractivity contribution >= 4 is 11.7 Å². The molecule has 0 aromatic heterocycles. The van der Waals surface area contributed by atoms with Crippen molar-refractivity contribution in [2.45, 2.75) is 19.2 Å². The first-order valence-corrected chi connectivity index (χ1v) is 6.12. The zero-order chi connectivity index (χ0) is 16.8. The highest BCUT2D eigenvalue weighted by molar-refractivity contribution is 5.73. The third kappa shape index (κ3) is 5.66. The summed E-state index contributed by atoms with van der Waals surface area (Å²) >= 11 is 0. The van der Waals surface area contributed by atoms with Gasteiger partial charge in [0.25, 0.3) is 5.69 Å².